The van der Waals surface area contributed by atoms with Crippen LogP contribution in [-0.2, 0) is 0 Å². The van der Waals surface area contributed by atoms with Crippen molar-refractivity contribution in [2.24, 2.45) is 0 Å². The molecule has 6 aromatic rings. The third-order valence-corrected chi connectivity index (χ3v) is 5.72. The minimum Gasteiger partial charge on any atom is -0.265 e. The van der Waals surface area contributed by atoms with Gasteiger partial charge in [-0.2, -0.15) is 5.10 Å². The van der Waals surface area contributed by atoms with Gasteiger partial charge in [0.25, 0.3) is 0 Å². The van der Waals surface area contributed by atoms with E-state index in [0.29, 0.717) is 0 Å². The first-order valence-electron chi connectivity index (χ1n) is 10.4. The van der Waals surface area contributed by atoms with Crippen LogP contribution in [0.3, 0.4) is 0 Å². The lowest BCUT2D eigenvalue weighted by Crippen LogP contribution is -1.96. The van der Waals surface area contributed by atoms with E-state index in [-0.39, 0.29) is 0 Å². The molecule has 0 radical (unpaired) electrons. The number of hydrogen-bond acceptors (Lipinski definition) is 2. The fourth-order valence-electron chi connectivity index (χ4n) is 4.24. The van der Waals surface area contributed by atoms with Crippen molar-refractivity contribution in [1.82, 2.24) is 14.8 Å². The Hall–Kier alpha value is -4.24. The summed E-state index contributed by atoms with van der Waals surface area (Å²) in [5.74, 6) is 0. The van der Waals surface area contributed by atoms with Crippen molar-refractivity contribution < 1.29 is 0 Å². The van der Waals surface area contributed by atoms with Crippen molar-refractivity contribution in [1.29, 1.82) is 0 Å². The van der Waals surface area contributed by atoms with E-state index in [4.69, 9.17) is 5.10 Å². The van der Waals surface area contributed by atoms with Crippen LogP contribution in [0.2, 0.25) is 0 Å². The molecule has 0 fully saturated rings. The Morgan fingerprint density at radius 2 is 1.32 bits per heavy atom. The summed E-state index contributed by atoms with van der Waals surface area (Å²) >= 11 is 0. The third-order valence-electron chi connectivity index (χ3n) is 5.72. The van der Waals surface area contributed by atoms with E-state index in [0.717, 1.165) is 39.0 Å². The summed E-state index contributed by atoms with van der Waals surface area (Å²) in [6.45, 7) is 0. The molecule has 0 saturated heterocycles. The zero-order chi connectivity index (χ0) is 20.6. The standard InChI is InChI=1S/C28H19N3/c1-2-10-24(11-3-1)31-28-25-12-5-4-7-21(25)13-14-26(28)27(30-31)23-9-6-8-22(19-23)20-15-17-29-18-16-20/h1-19H. The van der Waals surface area contributed by atoms with Crippen LogP contribution in [0.1, 0.15) is 0 Å². The summed E-state index contributed by atoms with van der Waals surface area (Å²) in [5.41, 5.74) is 6.58. The Labute approximate surface area is 180 Å². The van der Waals surface area contributed by atoms with Gasteiger partial charge in [0.1, 0.15) is 5.69 Å². The van der Waals surface area contributed by atoms with E-state index in [1.807, 2.05) is 30.6 Å². The van der Waals surface area contributed by atoms with E-state index in [1.54, 1.807) is 0 Å². The highest BCUT2D eigenvalue weighted by molar-refractivity contribution is 6.10. The monoisotopic (exact) mass is 397 g/mol. The molecule has 3 nitrogen and oxygen atoms in total. The fraction of sp³-hybridized carbons (Fsp3) is 0. The van der Waals surface area contributed by atoms with Gasteiger partial charge in [-0.05, 0) is 52.9 Å². The first-order valence-corrected chi connectivity index (χ1v) is 10.4. The molecule has 0 bridgehead atoms. The second-order valence-corrected chi connectivity index (χ2v) is 7.60. The van der Waals surface area contributed by atoms with E-state index >= 15 is 0 Å². The summed E-state index contributed by atoms with van der Waals surface area (Å²) in [7, 11) is 0. The van der Waals surface area contributed by atoms with E-state index in [9.17, 15) is 0 Å². The van der Waals surface area contributed by atoms with Gasteiger partial charge in [0.05, 0.1) is 11.2 Å². The van der Waals surface area contributed by atoms with Crippen LogP contribution < -0.4 is 0 Å². The summed E-state index contributed by atoms with van der Waals surface area (Å²) in [6.07, 6.45) is 3.65. The minimum atomic E-state index is 0.987. The van der Waals surface area contributed by atoms with Crippen molar-refractivity contribution >= 4 is 21.7 Å². The number of nitrogens with zero attached hydrogens (tertiary/aromatic N) is 3. The van der Waals surface area contributed by atoms with Crippen molar-refractivity contribution in [2.75, 3.05) is 0 Å². The van der Waals surface area contributed by atoms with Crippen LogP contribution in [-0.4, -0.2) is 14.8 Å². The van der Waals surface area contributed by atoms with Gasteiger partial charge in [-0.25, -0.2) is 4.68 Å². The largest absolute Gasteiger partial charge is 0.265 e. The molecular weight excluding hydrogens is 378 g/mol. The summed E-state index contributed by atoms with van der Waals surface area (Å²) in [4.78, 5) is 4.14. The first-order chi connectivity index (χ1) is 15.4. The second-order valence-electron chi connectivity index (χ2n) is 7.60. The SMILES string of the molecule is c1ccc(-n2nc(-c3cccc(-c4ccncc4)c3)c3ccc4ccccc4c32)cc1. The van der Waals surface area contributed by atoms with Gasteiger partial charge in [0, 0.05) is 28.7 Å². The lowest BCUT2D eigenvalue weighted by atomic mass is 10.00. The molecule has 0 N–H and O–H groups in total. The summed E-state index contributed by atoms with van der Waals surface area (Å²) in [5, 5.41) is 8.68. The predicted octanol–water partition coefficient (Wildman–Crippen LogP) is 6.91. The Kier molecular flexibility index (Phi) is 4.10. The first kappa shape index (κ1) is 17.6. The van der Waals surface area contributed by atoms with E-state index in [1.165, 1.54) is 10.8 Å². The number of benzene rings is 4. The topological polar surface area (TPSA) is 30.7 Å². The maximum atomic E-state index is 5.12. The molecule has 0 atom stereocenters. The van der Waals surface area contributed by atoms with E-state index < -0.39 is 0 Å². The highest BCUT2D eigenvalue weighted by Crippen LogP contribution is 2.35. The molecule has 0 aliphatic carbocycles. The zero-order valence-corrected chi connectivity index (χ0v) is 16.8. The van der Waals surface area contributed by atoms with Crippen molar-refractivity contribution in [2.45, 2.75) is 0 Å². The maximum Gasteiger partial charge on any atom is 0.101 e. The number of rotatable bonds is 3. The van der Waals surface area contributed by atoms with Crippen LogP contribution in [0, 0.1) is 0 Å². The van der Waals surface area contributed by atoms with Crippen LogP contribution in [0.15, 0.2) is 116 Å². The van der Waals surface area contributed by atoms with Crippen molar-refractivity contribution in [3.8, 4) is 28.1 Å². The molecule has 0 saturated carbocycles. The van der Waals surface area contributed by atoms with Gasteiger partial charge in [0.15, 0.2) is 0 Å². The second kappa shape index (κ2) is 7.22. The quantitative estimate of drug-likeness (QED) is 0.325. The molecular formula is C28H19N3. The van der Waals surface area contributed by atoms with Gasteiger partial charge in [-0.1, -0.05) is 66.7 Å². The molecule has 0 aliphatic heterocycles. The van der Waals surface area contributed by atoms with Gasteiger partial charge in [-0.3, -0.25) is 4.98 Å². The molecule has 0 spiro atoms. The molecule has 2 heterocycles. The Bertz CT molecular complexity index is 1520. The number of fused-ring (bicyclic) bond motifs is 3. The molecule has 146 valence electrons. The van der Waals surface area contributed by atoms with Crippen LogP contribution >= 0.6 is 0 Å². The predicted molar refractivity (Wildman–Crippen MR) is 127 cm³/mol. The molecule has 2 aromatic heterocycles. The van der Waals surface area contributed by atoms with Crippen molar-refractivity contribution in [3.05, 3.63) is 116 Å². The summed E-state index contributed by atoms with van der Waals surface area (Å²) in [6, 6.07) is 35.9. The Balaban J connectivity index is 1.64. The Morgan fingerprint density at radius 1 is 0.548 bits per heavy atom. The summed E-state index contributed by atoms with van der Waals surface area (Å²) < 4.78 is 2.08. The van der Waals surface area contributed by atoms with E-state index in [2.05, 4.69) is 94.6 Å². The number of para-hydroxylation sites is 1. The fourth-order valence-corrected chi connectivity index (χ4v) is 4.24. The lowest BCUT2D eigenvalue weighted by Gasteiger charge is -2.06. The minimum absolute atomic E-state index is 0.987. The third kappa shape index (κ3) is 2.99. The van der Waals surface area contributed by atoms with Crippen molar-refractivity contribution in [3.63, 3.8) is 0 Å². The molecule has 3 heteroatoms. The zero-order valence-electron chi connectivity index (χ0n) is 16.8. The molecule has 0 unspecified atom stereocenters. The van der Waals surface area contributed by atoms with Crippen LogP contribution in [0.5, 0.6) is 0 Å². The number of hydrogen-bond donors (Lipinski definition) is 0. The Morgan fingerprint density at radius 3 is 2.19 bits per heavy atom. The van der Waals surface area contributed by atoms with Crippen LogP contribution in [0.4, 0.5) is 0 Å². The van der Waals surface area contributed by atoms with Gasteiger partial charge in [-0.15, -0.1) is 0 Å². The van der Waals surface area contributed by atoms with Crippen LogP contribution in [0.25, 0.3) is 49.7 Å². The molecule has 31 heavy (non-hydrogen) atoms. The highest BCUT2D eigenvalue weighted by atomic mass is 15.3. The molecule has 6 rings (SSSR count). The van der Waals surface area contributed by atoms with Gasteiger partial charge in [0.2, 0.25) is 0 Å². The van der Waals surface area contributed by atoms with Gasteiger partial charge >= 0.3 is 0 Å². The molecule has 4 aromatic carbocycles. The average molecular weight is 397 g/mol. The number of pyridine rings is 1. The number of aromatic nitrogens is 3. The van der Waals surface area contributed by atoms with Gasteiger partial charge < -0.3 is 0 Å². The highest BCUT2D eigenvalue weighted by Gasteiger charge is 2.16. The molecule has 0 amide bonds. The lowest BCUT2D eigenvalue weighted by molar-refractivity contribution is 0.918. The average Bonchev–Trinajstić information content (AvgIpc) is 3.26. The normalized spacial score (nSPS) is 11.2. The maximum absolute atomic E-state index is 5.12. The molecule has 0 aliphatic rings. The smallest absolute Gasteiger partial charge is 0.101 e.